The second kappa shape index (κ2) is 11.3. The summed E-state index contributed by atoms with van der Waals surface area (Å²) in [5.74, 6) is -0.0493. The quantitative estimate of drug-likeness (QED) is 0.574. The molecule has 24 heavy (non-hydrogen) atoms. The highest BCUT2D eigenvalue weighted by molar-refractivity contribution is 5.78. The largest absolute Gasteiger partial charge is 0.372 e. The zero-order valence-corrected chi connectivity index (χ0v) is 15.0. The van der Waals surface area contributed by atoms with Crippen molar-refractivity contribution in [3.05, 3.63) is 30.3 Å². The molecule has 0 saturated heterocycles. The van der Waals surface area contributed by atoms with E-state index in [0.717, 1.165) is 19.5 Å². The smallest absolute Gasteiger partial charge is 0.314 e. The number of para-hydroxylation sites is 1. The molecular weight excluding hydrogens is 304 g/mol. The standard InChI is InChI=1S/C18H30N4O2/c1-4-22(16-9-6-5-7-10-16)14-8-12-19-18(24)20-13-11-17(23)21-15(2)3/h5-7,9-10,15H,4,8,11-14H2,1-3H3,(H,21,23)(H2,19,20,24). The Morgan fingerprint density at radius 1 is 1.08 bits per heavy atom. The molecule has 0 saturated carbocycles. The molecule has 134 valence electrons. The van der Waals surface area contributed by atoms with Crippen LogP contribution in [0.1, 0.15) is 33.6 Å². The number of carbonyl (C=O) groups is 2. The molecule has 3 amide bonds. The first kappa shape index (κ1) is 19.8. The van der Waals surface area contributed by atoms with Gasteiger partial charge in [0, 0.05) is 44.3 Å². The van der Waals surface area contributed by atoms with Crippen LogP contribution >= 0.6 is 0 Å². The molecule has 1 aromatic carbocycles. The number of benzene rings is 1. The molecule has 0 unspecified atom stereocenters. The maximum absolute atomic E-state index is 11.7. The SMILES string of the molecule is CCN(CCCNC(=O)NCCC(=O)NC(C)C)c1ccccc1. The van der Waals surface area contributed by atoms with Gasteiger partial charge in [0.15, 0.2) is 0 Å². The first-order valence-electron chi connectivity index (χ1n) is 8.64. The van der Waals surface area contributed by atoms with E-state index in [4.69, 9.17) is 0 Å². The number of amides is 3. The maximum atomic E-state index is 11.7. The monoisotopic (exact) mass is 334 g/mol. The minimum absolute atomic E-state index is 0.0493. The van der Waals surface area contributed by atoms with Crippen LogP contribution in [0.2, 0.25) is 0 Å². The van der Waals surface area contributed by atoms with Gasteiger partial charge < -0.3 is 20.9 Å². The molecule has 0 heterocycles. The fraction of sp³-hybridized carbons (Fsp3) is 0.556. The number of urea groups is 1. The maximum Gasteiger partial charge on any atom is 0.314 e. The average molecular weight is 334 g/mol. The predicted molar refractivity (Wildman–Crippen MR) is 98.2 cm³/mol. The van der Waals surface area contributed by atoms with Gasteiger partial charge in [0.05, 0.1) is 0 Å². The Bertz CT molecular complexity index is 491. The van der Waals surface area contributed by atoms with E-state index in [9.17, 15) is 9.59 Å². The molecule has 0 bridgehead atoms. The van der Waals surface area contributed by atoms with Crippen LogP contribution in [-0.2, 0) is 4.79 Å². The van der Waals surface area contributed by atoms with E-state index in [1.54, 1.807) is 0 Å². The van der Waals surface area contributed by atoms with E-state index in [-0.39, 0.29) is 18.0 Å². The van der Waals surface area contributed by atoms with E-state index in [1.165, 1.54) is 5.69 Å². The number of carbonyl (C=O) groups excluding carboxylic acids is 2. The Hall–Kier alpha value is -2.24. The molecule has 0 fully saturated rings. The van der Waals surface area contributed by atoms with Gasteiger partial charge in [0.2, 0.25) is 5.91 Å². The van der Waals surface area contributed by atoms with Gasteiger partial charge in [-0.3, -0.25) is 4.79 Å². The van der Waals surface area contributed by atoms with Crippen LogP contribution in [0.5, 0.6) is 0 Å². The summed E-state index contributed by atoms with van der Waals surface area (Å²) in [5.41, 5.74) is 1.20. The van der Waals surface area contributed by atoms with E-state index >= 15 is 0 Å². The van der Waals surface area contributed by atoms with Crippen LogP contribution in [0.15, 0.2) is 30.3 Å². The van der Waals surface area contributed by atoms with Crippen molar-refractivity contribution in [3.63, 3.8) is 0 Å². The highest BCUT2D eigenvalue weighted by atomic mass is 16.2. The van der Waals surface area contributed by atoms with Crippen LogP contribution in [-0.4, -0.2) is 44.2 Å². The Balaban J connectivity index is 2.13. The summed E-state index contributed by atoms with van der Waals surface area (Å²) in [7, 11) is 0. The van der Waals surface area contributed by atoms with Crippen LogP contribution in [0.25, 0.3) is 0 Å². The lowest BCUT2D eigenvalue weighted by Crippen LogP contribution is -2.39. The van der Waals surface area contributed by atoms with Crippen LogP contribution in [0.3, 0.4) is 0 Å². The third kappa shape index (κ3) is 8.41. The second-order valence-electron chi connectivity index (χ2n) is 5.92. The summed E-state index contributed by atoms with van der Waals surface area (Å²) >= 11 is 0. The predicted octanol–water partition coefficient (Wildman–Crippen LogP) is 2.12. The van der Waals surface area contributed by atoms with Gasteiger partial charge in [-0.05, 0) is 39.3 Å². The van der Waals surface area contributed by atoms with Crippen molar-refractivity contribution in [2.75, 3.05) is 31.1 Å². The minimum atomic E-state index is -0.227. The summed E-state index contributed by atoms with van der Waals surface area (Å²) < 4.78 is 0. The Kier molecular flexibility index (Phi) is 9.34. The van der Waals surface area contributed by atoms with Gasteiger partial charge in [0.25, 0.3) is 0 Å². The van der Waals surface area contributed by atoms with Crippen molar-refractivity contribution in [2.45, 2.75) is 39.7 Å². The van der Waals surface area contributed by atoms with E-state index < -0.39 is 0 Å². The van der Waals surface area contributed by atoms with Crippen LogP contribution < -0.4 is 20.9 Å². The summed E-state index contributed by atoms with van der Waals surface area (Å²) in [6.45, 7) is 8.71. The van der Waals surface area contributed by atoms with Crippen LogP contribution in [0.4, 0.5) is 10.5 Å². The van der Waals surface area contributed by atoms with E-state index in [0.29, 0.717) is 19.5 Å². The van der Waals surface area contributed by atoms with Gasteiger partial charge in [0.1, 0.15) is 0 Å². The zero-order valence-electron chi connectivity index (χ0n) is 15.0. The lowest BCUT2D eigenvalue weighted by molar-refractivity contribution is -0.121. The number of hydrogen-bond donors (Lipinski definition) is 3. The zero-order chi connectivity index (χ0) is 17.8. The molecule has 1 rings (SSSR count). The fourth-order valence-corrected chi connectivity index (χ4v) is 2.33. The molecule has 6 heteroatoms. The van der Waals surface area contributed by atoms with E-state index in [2.05, 4.69) is 39.9 Å². The first-order chi connectivity index (χ1) is 11.5. The topological polar surface area (TPSA) is 73.5 Å². The molecule has 0 aromatic heterocycles. The van der Waals surface area contributed by atoms with Gasteiger partial charge in [-0.1, -0.05) is 18.2 Å². The average Bonchev–Trinajstić information content (AvgIpc) is 2.55. The highest BCUT2D eigenvalue weighted by Gasteiger charge is 2.06. The third-order valence-corrected chi connectivity index (χ3v) is 3.48. The first-order valence-corrected chi connectivity index (χ1v) is 8.64. The van der Waals surface area contributed by atoms with Gasteiger partial charge in [-0.25, -0.2) is 4.79 Å². The molecule has 3 N–H and O–H groups in total. The van der Waals surface area contributed by atoms with Crippen LogP contribution in [0, 0.1) is 0 Å². The van der Waals surface area contributed by atoms with Crippen molar-refractivity contribution < 1.29 is 9.59 Å². The molecule has 0 aliphatic heterocycles. The lowest BCUT2D eigenvalue weighted by atomic mass is 10.2. The van der Waals surface area contributed by atoms with Crippen molar-refractivity contribution in [3.8, 4) is 0 Å². The fourth-order valence-electron chi connectivity index (χ4n) is 2.33. The van der Waals surface area contributed by atoms with Crippen molar-refractivity contribution in [1.82, 2.24) is 16.0 Å². The summed E-state index contributed by atoms with van der Waals surface area (Å²) in [6, 6.07) is 10.1. The summed E-state index contributed by atoms with van der Waals surface area (Å²) in [6.07, 6.45) is 1.16. The molecule has 1 aromatic rings. The van der Waals surface area contributed by atoms with Gasteiger partial charge in [-0.2, -0.15) is 0 Å². The molecular formula is C18H30N4O2. The molecule has 0 aliphatic carbocycles. The Labute approximate surface area is 145 Å². The second-order valence-corrected chi connectivity index (χ2v) is 5.92. The number of rotatable bonds is 10. The number of hydrogen-bond acceptors (Lipinski definition) is 3. The molecule has 0 radical (unpaired) electrons. The molecule has 0 aliphatic rings. The molecule has 6 nitrogen and oxygen atoms in total. The Morgan fingerprint density at radius 3 is 2.38 bits per heavy atom. The summed E-state index contributed by atoms with van der Waals surface area (Å²) in [5, 5.41) is 8.30. The van der Waals surface area contributed by atoms with Gasteiger partial charge in [-0.15, -0.1) is 0 Å². The lowest BCUT2D eigenvalue weighted by Gasteiger charge is -2.23. The van der Waals surface area contributed by atoms with E-state index in [1.807, 2.05) is 32.0 Å². The van der Waals surface area contributed by atoms with Gasteiger partial charge >= 0.3 is 6.03 Å². The van der Waals surface area contributed by atoms with Crippen molar-refractivity contribution >= 4 is 17.6 Å². The third-order valence-electron chi connectivity index (χ3n) is 3.48. The van der Waals surface area contributed by atoms with Crippen molar-refractivity contribution in [2.24, 2.45) is 0 Å². The minimum Gasteiger partial charge on any atom is -0.372 e. The van der Waals surface area contributed by atoms with Crippen molar-refractivity contribution in [1.29, 1.82) is 0 Å². The highest BCUT2D eigenvalue weighted by Crippen LogP contribution is 2.12. The number of nitrogens with zero attached hydrogens (tertiary/aromatic N) is 1. The summed E-state index contributed by atoms with van der Waals surface area (Å²) in [4.78, 5) is 25.4. The Morgan fingerprint density at radius 2 is 1.75 bits per heavy atom. The number of anilines is 1. The molecule has 0 atom stereocenters. The number of nitrogens with one attached hydrogen (secondary N) is 3. The normalized spacial score (nSPS) is 10.3. The molecule has 0 spiro atoms.